The van der Waals surface area contributed by atoms with Gasteiger partial charge in [-0.2, -0.15) is 0 Å². The molecular weight excluding hydrogens is 272 g/mol. The molecule has 8 nitrogen and oxygen atoms in total. The number of amides is 2. The zero-order valence-electron chi connectivity index (χ0n) is 12.1. The van der Waals surface area contributed by atoms with Crippen LogP contribution in [0.1, 0.15) is 19.3 Å². The highest BCUT2D eigenvalue weighted by Crippen LogP contribution is 2.16. The number of carbonyl (C=O) groups excluding carboxylic acids is 2. The minimum Gasteiger partial charge on any atom is -0.369 e. The predicted octanol–water partition coefficient (Wildman–Crippen LogP) is -1.02. The topological polar surface area (TPSA) is 106 Å². The lowest BCUT2D eigenvalue weighted by Crippen LogP contribution is -2.45. The van der Waals surface area contributed by atoms with Crippen molar-refractivity contribution in [1.82, 2.24) is 25.2 Å². The number of likely N-dealkylation sites (tertiary alicyclic amines) is 1. The Morgan fingerprint density at radius 3 is 3.00 bits per heavy atom. The van der Waals surface area contributed by atoms with Crippen LogP contribution in [0.25, 0.3) is 0 Å². The molecule has 8 heteroatoms. The maximum Gasteiger partial charge on any atom is 0.231 e. The van der Waals surface area contributed by atoms with Crippen molar-refractivity contribution in [3.63, 3.8) is 0 Å². The quantitative estimate of drug-likeness (QED) is 0.626. The van der Waals surface area contributed by atoms with Gasteiger partial charge in [0.15, 0.2) is 0 Å². The molecule has 1 aliphatic heterocycles. The molecule has 0 aliphatic carbocycles. The number of nitrogens with one attached hydrogen (secondary N) is 1. The highest BCUT2D eigenvalue weighted by atomic mass is 16.2. The first-order valence-electron chi connectivity index (χ1n) is 7.27. The van der Waals surface area contributed by atoms with E-state index in [2.05, 4.69) is 15.6 Å². The number of carbonyl (C=O) groups is 2. The zero-order chi connectivity index (χ0) is 15.1. The van der Waals surface area contributed by atoms with Crippen molar-refractivity contribution in [1.29, 1.82) is 0 Å². The van der Waals surface area contributed by atoms with E-state index in [0.29, 0.717) is 13.1 Å². The number of aryl methyl sites for hydroxylation is 1. The fraction of sp³-hybridized carbons (Fsp3) is 0.692. The van der Waals surface area contributed by atoms with Crippen molar-refractivity contribution in [3.05, 3.63) is 12.4 Å². The van der Waals surface area contributed by atoms with E-state index in [1.165, 1.54) is 0 Å². The standard InChI is InChI=1S/C13H22N6O2/c14-12(20)10-18-6-1-3-11(9-18)13(21)15-4-2-7-19-8-5-16-17-19/h5,8,11H,1-4,6-7,9-10H2,(H2,14,20)(H,15,21)/t11-/m0/s1. The minimum atomic E-state index is -0.344. The summed E-state index contributed by atoms with van der Waals surface area (Å²) in [6, 6.07) is 0. The normalized spacial score (nSPS) is 19.3. The molecule has 1 aromatic heterocycles. The SMILES string of the molecule is NC(=O)CN1CCC[C@H](C(=O)NCCCn2ccnn2)C1. The maximum absolute atomic E-state index is 12.1. The number of nitrogens with two attached hydrogens (primary N) is 1. The lowest BCUT2D eigenvalue weighted by atomic mass is 9.97. The Kier molecular flexibility index (Phi) is 5.68. The van der Waals surface area contributed by atoms with Crippen molar-refractivity contribution >= 4 is 11.8 Å². The van der Waals surface area contributed by atoms with Crippen LogP contribution in [0.5, 0.6) is 0 Å². The van der Waals surface area contributed by atoms with E-state index >= 15 is 0 Å². The van der Waals surface area contributed by atoms with Crippen molar-refractivity contribution in [3.8, 4) is 0 Å². The van der Waals surface area contributed by atoms with Gasteiger partial charge in [0.1, 0.15) is 0 Å². The van der Waals surface area contributed by atoms with Gasteiger partial charge < -0.3 is 11.1 Å². The molecule has 0 saturated carbocycles. The van der Waals surface area contributed by atoms with Gasteiger partial charge in [-0.1, -0.05) is 5.21 Å². The lowest BCUT2D eigenvalue weighted by molar-refractivity contribution is -0.128. The van der Waals surface area contributed by atoms with Crippen LogP contribution in [-0.4, -0.2) is 57.9 Å². The molecule has 3 N–H and O–H groups in total. The summed E-state index contributed by atoms with van der Waals surface area (Å²) in [7, 11) is 0. The number of aromatic nitrogens is 3. The first kappa shape index (κ1) is 15.4. The van der Waals surface area contributed by atoms with E-state index in [9.17, 15) is 9.59 Å². The van der Waals surface area contributed by atoms with Crippen molar-refractivity contribution in [2.75, 3.05) is 26.2 Å². The van der Waals surface area contributed by atoms with E-state index in [0.717, 1.165) is 32.4 Å². The van der Waals surface area contributed by atoms with Gasteiger partial charge in [0.2, 0.25) is 11.8 Å². The molecule has 2 rings (SSSR count). The Balaban J connectivity index is 1.66. The summed E-state index contributed by atoms with van der Waals surface area (Å²) >= 11 is 0. The van der Waals surface area contributed by atoms with Gasteiger partial charge in [-0.05, 0) is 25.8 Å². The van der Waals surface area contributed by atoms with Gasteiger partial charge in [-0.25, -0.2) is 0 Å². The molecule has 116 valence electrons. The molecule has 0 bridgehead atoms. The summed E-state index contributed by atoms with van der Waals surface area (Å²) in [6.45, 7) is 3.02. The second-order valence-corrected chi connectivity index (χ2v) is 5.35. The molecule has 1 atom stereocenters. The monoisotopic (exact) mass is 294 g/mol. The van der Waals surface area contributed by atoms with Crippen LogP contribution in [0.2, 0.25) is 0 Å². The van der Waals surface area contributed by atoms with Crippen molar-refractivity contribution in [2.45, 2.75) is 25.8 Å². The smallest absolute Gasteiger partial charge is 0.231 e. The average molecular weight is 294 g/mol. The Bertz CT molecular complexity index is 461. The fourth-order valence-electron chi connectivity index (χ4n) is 2.58. The number of hydrogen-bond donors (Lipinski definition) is 2. The second kappa shape index (κ2) is 7.72. The van der Waals surface area contributed by atoms with E-state index in [4.69, 9.17) is 5.73 Å². The zero-order valence-corrected chi connectivity index (χ0v) is 12.1. The predicted molar refractivity (Wildman–Crippen MR) is 76.0 cm³/mol. The van der Waals surface area contributed by atoms with Crippen molar-refractivity contribution < 1.29 is 9.59 Å². The van der Waals surface area contributed by atoms with Crippen molar-refractivity contribution in [2.24, 2.45) is 11.7 Å². The van der Waals surface area contributed by atoms with E-state index in [1.807, 2.05) is 4.90 Å². The number of rotatable bonds is 7. The van der Waals surface area contributed by atoms with Crippen LogP contribution in [0.15, 0.2) is 12.4 Å². The summed E-state index contributed by atoms with van der Waals surface area (Å²) in [5.41, 5.74) is 5.19. The van der Waals surface area contributed by atoms with Gasteiger partial charge in [-0.15, -0.1) is 5.10 Å². The van der Waals surface area contributed by atoms with Crippen LogP contribution in [0.4, 0.5) is 0 Å². The summed E-state index contributed by atoms with van der Waals surface area (Å²) in [5.74, 6) is -0.337. The number of piperidine rings is 1. The van der Waals surface area contributed by atoms with E-state index < -0.39 is 0 Å². The number of hydrogen-bond acceptors (Lipinski definition) is 5. The number of primary amides is 1. The Morgan fingerprint density at radius 2 is 2.29 bits per heavy atom. The molecule has 2 amide bonds. The van der Waals surface area contributed by atoms with Gasteiger partial charge >= 0.3 is 0 Å². The third-order valence-electron chi connectivity index (χ3n) is 3.59. The minimum absolute atomic E-state index is 0.0514. The van der Waals surface area contributed by atoms with Crippen LogP contribution in [0.3, 0.4) is 0 Å². The first-order valence-corrected chi connectivity index (χ1v) is 7.27. The van der Waals surface area contributed by atoms with Crippen LogP contribution < -0.4 is 11.1 Å². The Morgan fingerprint density at radius 1 is 1.43 bits per heavy atom. The fourth-order valence-corrected chi connectivity index (χ4v) is 2.58. The van der Waals surface area contributed by atoms with E-state index in [-0.39, 0.29) is 24.3 Å². The van der Waals surface area contributed by atoms with Gasteiger partial charge in [0.05, 0.1) is 18.7 Å². The Hall–Kier alpha value is -1.96. The molecule has 0 spiro atoms. The van der Waals surface area contributed by atoms with Crippen LogP contribution in [-0.2, 0) is 16.1 Å². The molecule has 21 heavy (non-hydrogen) atoms. The van der Waals surface area contributed by atoms with Crippen LogP contribution >= 0.6 is 0 Å². The van der Waals surface area contributed by atoms with Gasteiger partial charge in [0.25, 0.3) is 0 Å². The molecule has 1 aliphatic rings. The second-order valence-electron chi connectivity index (χ2n) is 5.35. The molecule has 1 fully saturated rings. The highest BCUT2D eigenvalue weighted by Gasteiger charge is 2.25. The molecule has 0 aromatic carbocycles. The van der Waals surface area contributed by atoms with Gasteiger partial charge in [-0.3, -0.25) is 19.2 Å². The van der Waals surface area contributed by atoms with Gasteiger partial charge in [0, 0.05) is 25.8 Å². The Labute approximate surface area is 123 Å². The molecular formula is C13H22N6O2. The lowest BCUT2D eigenvalue weighted by Gasteiger charge is -2.30. The summed E-state index contributed by atoms with van der Waals surface area (Å²) in [5, 5.41) is 10.5. The van der Waals surface area contributed by atoms with E-state index in [1.54, 1.807) is 17.1 Å². The summed E-state index contributed by atoms with van der Waals surface area (Å²) in [6.07, 6.45) is 6.03. The van der Waals surface area contributed by atoms with Crippen LogP contribution in [0, 0.1) is 5.92 Å². The average Bonchev–Trinajstić information content (AvgIpc) is 2.96. The molecule has 0 radical (unpaired) electrons. The molecule has 0 unspecified atom stereocenters. The molecule has 1 saturated heterocycles. The third-order valence-corrected chi connectivity index (χ3v) is 3.59. The highest BCUT2D eigenvalue weighted by molar-refractivity contribution is 5.79. The summed E-state index contributed by atoms with van der Waals surface area (Å²) < 4.78 is 1.74. The molecule has 2 heterocycles. The summed E-state index contributed by atoms with van der Waals surface area (Å²) in [4.78, 5) is 25.0. The first-order chi connectivity index (χ1) is 10.1. The third kappa shape index (κ3) is 5.14. The maximum atomic E-state index is 12.1. The molecule has 1 aromatic rings. The number of nitrogens with zero attached hydrogens (tertiary/aromatic N) is 4. The largest absolute Gasteiger partial charge is 0.369 e.